The number of rotatable bonds is 19. The molecule has 4 heterocycles. The first-order valence-corrected chi connectivity index (χ1v) is 35.0. The van der Waals surface area contributed by atoms with E-state index >= 15 is 0 Å². The SMILES string of the molecule is C1CCOC1.CC.CC.CC.CCOC(=O)COc1ccc(Cn2c(-c3ccccc3)c(C)c3cc(C)ccc32)cc1.Cc1ccc2c(c1)c(C)c(-c1ccccc1)n2Cc1ccc(OCCO)cc1.Cc1ccc2c(c1)c(C)c(-c1ccccc1)n2Cc1ccc(OCCO)cc1. The van der Waals surface area contributed by atoms with E-state index in [1.165, 1.54) is 124 Å². The van der Waals surface area contributed by atoms with Gasteiger partial charge in [-0.1, -0.05) is 204 Å². The monoisotopic (exact) mass is 1320 g/mol. The molecule has 11 heteroatoms. The van der Waals surface area contributed by atoms with Gasteiger partial charge in [0.05, 0.1) is 36.9 Å². The van der Waals surface area contributed by atoms with Gasteiger partial charge in [-0.25, -0.2) is 4.79 Å². The van der Waals surface area contributed by atoms with Crippen molar-refractivity contribution in [2.24, 2.45) is 0 Å². The summed E-state index contributed by atoms with van der Waals surface area (Å²) in [6.45, 7) is 32.1. The number of carbonyl (C=O) groups excluding carboxylic acids is 1. The van der Waals surface area contributed by atoms with E-state index in [2.05, 4.69) is 219 Å². The molecule has 11 nitrogen and oxygen atoms in total. The van der Waals surface area contributed by atoms with Crippen LogP contribution in [0.15, 0.2) is 218 Å². The van der Waals surface area contributed by atoms with Gasteiger partial charge in [0.1, 0.15) is 30.5 Å². The maximum absolute atomic E-state index is 11.5. The molecular formula is C87H103N3O8. The number of hydrogen-bond acceptors (Lipinski definition) is 8. The standard InChI is InChI=1S/C27H27NO3.2C25H25NO2.C4H8O.3C2H6/c1-4-30-26(29)18-31-23-13-11-21(12-14-23)17-28-25-15-10-19(2)16-24(25)20(3)27(28)22-8-6-5-7-9-22;2*1-18-8-13-24-23(16-18)19(2)25(21-6-4-3-5-7-21)26(24)17-20-9-11-22(12-10-20)28-15-14-27;1-2-4-5-3-1;3*1-2/h5-16H,4,17-18H2,1-3H3;2*3-13,16,27H,14-15,17H2,1-2H3;1-4H2;3*1-2H3. The normalized spacial score (nSPS) is 11.2. The summed E-state index contributed by atoms with van der Waals surface area (Å²) in [7, 11) is 0. The summed E-state index contributed by atoms with van der Waals surface area (Å²) in [6, 6.07) is 75.9. The smallest absolute Gasteiger partial charge is 0.344 e. The molecule has 13 rings (SSSR count). The molecule has 0 bridgehead atoms. The van der Waals surface area contributed by atoms with Crippen LogP contribution in [0.25, 0.3) is 66.5 Å². The molecular weight excluding hydrogens is 1210 g/mol. The number of fused-ring (bicyclic) bond motifs is 3. The van der Waals surface area contributed by atoms with E-state index in [1.54, 1.807) is 6.92 Å². The molecule has 98 heavy (non-hydrogen) atoms. The van der Waals surface area contributed by atoms with Gasteiger partial charge in [-0.15, -0.1) is 0 Å². The number of nitrogens with zero attached hydrogens (tertiary/aromatic N) is 3. The Morgan fingerprint density at radius 1 is 0.398 bits per heavy atom. The Bertz CT molecular complexity index is 4130. The lowest BCUT2D eigenvalue weighted by atomic mass is 10.1. The molecule has 0 saturated carbocycles. The van der Waals surface area contributed by atoms with Crippen molar-refractivity contribution >= 4 is 38.7 Å². The van der Waals surface area contributed by atoms with E-state index in [4.69, 9.17) is 33.9 Å². The Hall–Kier alpha value is -9.65. The summed E-state index contributed by atoms with van der Waals surface area (Å²) in [5.41, 5.74) is 22.5. The highest BCUT2D eigenvalue weighted by Gasteiger charge is 2.20. The predicted molar refractivity (Wildman–Crippen MR) is 409 cm³/mol. The zero-order valence-corrected chi connectivity index (χ0v) is 60.2. The van der Waals surface area contributed by atoms with E-state index in [9.17, 15) is 4.79 Å². The highest BCUT2D eigenvalue weighted by Crippen LogP contribution is 2.38. The number of benzene rings is 9. The van der Waals surface area contributed by atoms with E-state index in [0.717, 1.165) is 49.9 Å². The van der Waals surface area contributed by atoms with E-state index in [0.29, 0.717) is 25.6 Å². The molecule has 12 aromatic rings. The molecule has 0 amide bonds. The van der Waals surface area contributed by atoms with E-state index in [-0.39, 0.29) is 25.8 Å². The van der Waals surface area contributed by atoms with Crippen LogP contribution >= 0.6 is 0 Å². The molecule has 0 radical (unpaired) electrons. The molecule has 1 fully saturated rings. The molecule has 1 aliphatic heterocycles. The van der Waals surface area contributed by atoms with Crippen molar-refractivity contribution in [3.05, 3.63) is 268 Å². The molecule has 0 atom stereocenters. The number of aliphatic hydroxyl groups excluding tert-OH is 2. The zero-order valence-electron chi connectivity index (χ0n) is 60.2. The topological polar surface area (TPSA) is 118 Å². The highest BCUT2D eigenvalue weighted by atomic mass is 16.6. The number of aromatic nitrogens is 3. The van der Waals surface area contributed by atoms with Gasteiger partial charge in [-0.3, -0.25) is 0 Å². The molecule has 1 saturated heterocycles. The number of esters is 1. The Kier molecular flexibility index (Phi) is 30.6. The second kappa shape index (κ2) is 39.5. The molecule has 0 unspecified atom stereocenters. The Labute approximate surface area is 582 Å². The first-order chi connectivity index (χ1) is 47.9. The Balaban J connectivity index is 0.000000192. The Morgan fingerprint density at radius 2 is 0.694 bits per heavy atom. The van der Waals surface area contributed by atoms with Crippen LogP contribution in [0, 0.1) is 41.5 Å². The molecule has 9 aromatic carbocycles. The molecule has 1 aliphatic rings. The summed E-state index contributed by atoms with van der Waals surface area (Å²) in [4.78, 5) is 11.5. The van der Waals surface area contributed by atoms with Crippen molar-refractivity contribution < 1.29 is 38.7 Å². The summed E-state index contributed by atoms with van der Waals surface area (Å²) < 4.78 is 33.5. The lowest BCUT2D eigenvalue weighted by molar-refractivity contribution is -0.145. The van der Waals surface area contributed by atoms with Crippen LogP contribution in [0.2, 0.25) is 0 Å². The van der Waals surface area contributed by atoms with Gasteiger partial charge in [0.15, 0.2) is 6.61 Å². The summed E-state index contributed by atoms with van der Waals surface area (Å²) in [5, 5.41) is 21.7. The van der Waals surface area contributed by atoms with Crippen LogP contribution < -0.4 is 14.2 Å². The number of ether oxygens (including phenoxy) is 5. The fraction of sp³-hybridized carbons (Fsp3) is 0.299. The number of aliphatic hydroxyl groups is 2. The minimum atomic E-state index is -0.358. The fourth-order valence-corrected chi connectivity index (χ4v) is 12.1. The lowest BCUT2D eigenvalue weighted by Gasteiger charge is -2.13. The van der Waals surface area contributed by atoms with Gasteiger partial charge in [0.25, 0.3) is 0 Å². The largest absolute Gasteiger partial charge is 0.491 e. The van der Waals surface area contributed by atoms with Gasteiger partial charge in [0, 0.05) is 65.6 Å². The summed E-state index contributed by atoms with van der Waals surface area (Å²) in [5.74, 6) is 1.86. The van der Waals surface area contributed by atoms with Gasteiger partial charge < -0.3 is 47.6 Å². The number of carbonyl (C=O) groups is 1. The van der Waals surface area contributed by atoms with Crippen LogP contribution in [0.4, 0.5) is 0 Å². The lowest BCUT2D eigenvalue weighted by Crippen LogP contribution is -2.14. The van der Waals surface area contributed by atoms with Crippen LogP contribution in [-0.4, -0.2) is 82.7 Å². The van der Waals surface area contributed by atoms with E-state index in [1.807, 2.05) is 96.1 Å². The first-order valence-electron chi connectivity index (χ1n) is 35.0. The second-order valence-electron chi connectivity index (χ2n) is 23.3. The second-order valence-corrected chi connectivity index (χ2v) is 23.3. The quantitative estimate of drug-likeness (QED) is 0.0769. The predicted octanol–water partition coefficient (Wildman–Crippen LogP) is 20.5. The van der Waals surface area contributed by atoms with Crippen molar-refractivity contribution in [3.63, 3.8) is 0 Å². The molecule has 514 valence electrons. The van der Waals surface area contributed by atoms with Crippen molar-refractivity contribution in [2.75, 3.05) is 52.9 Å². The third-order valence-corrected chi connectivity index (χ3v) is 16.6. The third kappa shape index (κ3) is 20.2. The number of hydrogen-bond donors (Lipinski definition) is 2. The van der Waals surface area contributed by atoms with Crippen molar-refractivity contribution in [1.82, 2.24) is 13.7 Å². The van der Waals surface area contributed by atoms with Crippen molar-refractivity contribution in [1.29, 1.82) is 0 Å². The van der Waals surface area contributed by atoms with Crippen molar-refractivity contribution in [3.8, 4) is 51.0 Å². The molecule has 3 aromatic heterocycles. The molecule has 0 spiro atoms. The van der Waals surface area contributed by atoms with Gasteiger partial charge in [-0.05, 0) is 184 Å². The average Bonchev–Trinajstić information content (AvgIpc) is 1.63. The minimum Gasteiger partial charge on any atom is -0.491 e. The Morgan fingerprint density at radius 3 is 0.959 bits per heavy atom. The van der Waals surface area contributed by atoms with Crippen LogP contribution in [-0.2, 0) is 33.9 Å². The molecule has 2 N–H and O–H groups in total. The van der Waals surface area contributed by atoms with Crippen molar-refractivity contribution in [2.45, 2.75) is 122 Å². The van der Waals surface area contributed by atoms with E-state index < -0.39 is 0 Å². The third-order valence-electron chi connectivity index (χ3n) is 16.6. The maximum Gasteiger partial charge on any atom is 0.344 e. The summed E-state index contributed by atoms with van der Waals surface area (Å²) >= 11 is 0. The van der Waals surface area contributed by atoms with Gasteiger partial charge in [-0.2, -0.15) is 0 Å². The minimum absolute atomic E-state index is 0.0240. The fourth-order valence-electron chi connectivity index (χ4n) is 12.1. The summed E-state index contributed by atoms with van der Waals surface area (Å²) in [6.07, 6.45) is 2.56. The van der Waals surface area contributed by atoms with Crippen LogP contribution in [0.3, 0.4) is 0 Å². The average molecular weight is 1320 g/mol. The van der Waals surface area contributed by atoms with Gasteiger partial charge >= 0.3 is 5.97 Å². The highest BCUT2D eigenvalue weighted by molar-refractivity contribution is 5.94. The zero-order chi connectivity index (χ0) is 70.3. The first kappa shape index (κ1) is 75.7. The number of aryl methyl sites for hydroxylation is 6. The van der Waals surface area contributed by atoms with Gasteiger partial charge in [0.2, 0.25) is 0 Å². The van der Waals surface area contributed by atoms with Crippen LogP contribution in [0.5, 0.6) is 17.2 Å². The molecule has 0 aliphatic carbocycles. The van der Waals surface area contributed by atoms with Crippen LogP contribution in [0.1, 0.15) is 111 Å². The maximum atomic E-state index is 11.5.